The maximum atomic E-state index is 12.5. The number of aryl methyl sites for hydroxylation is 1. The van der Waals surface area contributed by atoms with E-state index in [9.17, 15) is 4.79 Å². The van der Waals surface area contributed by atoms with Gasteiger partial charge in [0.15, 0.2) is 5.78 Å². The average molecular weight is 445 g/mol. The van der Waals surface area contributed by atoms with Gasteiger partial charge in [-0.1, -0.05) is 33.6 Å². The van der Waals surface area contributed by atoms with Crippen LogP contribution in [0.1, 0.15) is 21.5 Å². The third-order valence-corrected chi connectivity index (χ3v) is 4.38. The molecule has 2 rings (SSSR count). The van der Waals surface area contributed by atoms with Crippen LogP contribution in [-0.4, -0.2) is 12.9 Å². The van der Waals surface area contributed by atoms with Gasteiger partial charge in [0, 0.05) is 25.6 Å². The fraction of sp³-hybridized carbons (Fsp3) is 0.188. The lowest BCUT2D eigenvalue weighted by molar-refractivity contribution is 0.0991. The summed E-state index contributed by atoms with van der Waals surface area (Å²) in [6, 6.07) is 11.7. The van der Waals surface area contributed by atoms with Crippen molar-refractivity contribution in [3.05, 3.63) is 61.1 Å². The second kappa shape index (κ2) is 6.72. The van der Waals surface area contributed by atoms with Gasteiger partial charge in [-0.3, -0.25) is 4.79 Å². The molecule has 20 heavy (non-hydrogen) atoms. The topological polar surface area (TPSA) is 26.3 Å². The van der Waals surface area contributed by atoms with Crippen molar-refractivity contribution in [1.82, 2.24) is 0 Å². The predicted molar refractivity (Wildman–Crippen MR) is 92.6 cm³/mol. The Labute approximate surface area is 140 Å². The summed E-state index contributed by atoms with van der Waals surface area (Å²) >= 11 is 5.65. The molecule has 4 heteroatoms. The first-order valence-corrected chi connectivity index (χ1v) is 8.00. The zero-order valence-electron chi connectivity index (χ0n) is 11.2. The third-order valence-electron chi connectivity index (χ3n) is 3.02. The van der Waals surface area contributed by atoms with Gasteiger partial charge in [0.1, 0.15) is 5.75 Å². The van der Waals surface area contributed by atoms with Crippen LogP contribution in [0.3, 0.4) is 0 Å². The summed E-state index contributed by atoms with van der Waals surface area (Å²) in [5.41, 5.74) is 2.75. The number of rotatable bonds is 4. The molecule has 2 aromatic carbocycles. The molecule has 0 saturated carbocycles. The number of carbonyl (C=O) groups is 1. The fourth-order valence-electron chi connectivity index (χ4n) is 2.02. The average Bonchev–Trinajstić information content (AvgIpc) is 2.41. The maximum Gasteiger partial charge on any atom is 0.168 e. The van der Waals surface area contributed by atoms with E-state index in [-0.39, 0.29) is 5.78 Å². The number of ketones is 1. The smallest absolute Gasteiger partial charge is 0.168 e. The molecule has 0 N–H and O–H groups in total. The highest BCUT2D eigenvalue weighted by atomic mass is 127. The van der Waals surface area contributed by atoms with Gasteiger partial charge in [-0.15, -0.1) is 0 Å². The SMILES string of the molecule is COc1ccc(C)cc1CC(=O)c1cc(I)ccc1Br. The van der Waals surface area contributed by atoms with Crippen LogP contribution in [0.2, 0.25) is 0 Å². The molecule has 0 heterocycles. The molecule has 0 aromatic heterocycles. The van der Waals surface area contributed by atoms with E-state index in [1.165, 1.54) is 0 Å². The van der Waals surface area contributed by atoms with Crippen molar-refractivity contribution in [2.24, 2.45) is 0 Å². The highest BCUT2D eigenvalue weighted by molar-refractivity contribution is 14.1. The van der Waals surface area contributed by atoms with Crippen LogP contribution >= 0.6 is 38.5 Å². The molecule has 0 aliphatic rings. The van der Waals surface area contributed by atoms with Gasteiger partial charge in [0.25, 0.3) is 0 Å². The Balaban J connectivity index is 2.32. The number of Topliss-reactive ketones (excluding diaryl/α,β-unsaturated/α-hetero) is 1. The first kappa shape index (κ1) is 15.5. The molecule has 0 amide bonds. The Morgan fingerprint density at radius 1 is 1.25 bits per heavy atom. The van der Waals surface area contributed by atoms with Crippen molar-refractivity contribution in [1.29, 1.82) is 0 Å². The lowest BCUT2D eigenvalue weighted by Crippen LogP contribution is -2.06. The van der Waals surface area contributed by atoms with Gasteiger partial charge in [0.2, 0.25) is 0 Å². The zero-order chi connectivity index (χ0) is 14.7. The summed E-state index contributed by atoms with van der Waals surface area (Å²) in [5, 5.41) is 0. The molecule has 0 spiro atoms. The lowest BCUT2D eigenvalue weighted by Gasteiger charge is -2.10. The lowest BCUT2D eigenvalue weighted by atomic mass is 10.0. The Kier molecular flexibility index (Phi) is 5.21. The van der Waals surface area contributed by atoms with E-state index in [1.807, 2.05) is 43.3 Å². The van der Waals surface area contributed by atoms with Crippen LogP contribution in [0, 0.1) is 10.5 Å². The molecular weight excluding hydrogens is 431 g/mol. The Morgan fingerprint density at radius 2 is 2.00 bits per heavy atom. The van der Waals surface area contributed by atoms with E-state index >= 15 is 0 Å². The summed E-state index contributed by atoms with van der Waals surface area (Å²) in [4.78, 5) is 12.5. The summed E-state index contributed by atoms with van der Waals surface area (Å²) in [7, 11) is 1.63. The molecule has 104 valence electrons. The Bertz CT molecular complexity index is 653. The van der Waals surface area contributed by atoms with Crippen LogP contribution in [0.25, 0.3) is 0 Å². The van der Waals surface area contributed by atoms with Gasteiger partial charge < -0.3 is 4.74 Å². The van der Waals surface area contributed by atoms with Crippen molar-refractivity contribution in [2.75, 3.05) is 7.11 Å². The van der Waals surface area contributed by atoms with E-state index < -0.39 is 0 Å². The van der Waals surface area contributed by atoms with Crippen LogP contribution < -0.4 is 4.74 Å². The summed E-state index contributed by atoms with van der Waals surface area (Å²) in [6.45, 7) is 2.01. The number of ether oxygens (including phenoxy) is 1. The minimum Gasteiger partial charge on any atom is -0.496 e. The van der Waals surface area contributed by atoms with Crippen molar-refractivity contribution >= 4 is 44.3 Å². The normalized spacial score (nSPS) is 10.4. The fourth-order valence-corrected chi connectivity index (χ4v) is 2.98. The molecule has 0 bridgehead atoms. The first-order valence-electron chi connectivity index (χ1n) is 6.13. The van der Waals surface area contributed by atoms with Gasteiger partial charge in [-0.25, -0.2) is 0 Å². The standard InChI is InChI=1S/C16H14BrIO2/c1-10-3-6-16(20-2)11(7-10)8-15(19)13-9-12(18)4-5-14(13)17/h3-7,9H,8H2,1-2H3. The number of carbonyl (C=O) groups excluding carboxylic acids is 1. The summed E-state index contributed by atoms with van der Waals surface area (Å²) in [6.07, 6.45) is 0.337. The monoisotopic (exact) mass is 444 g/mol. The number of halogens is 2. The van der Waals surface area contributed by atoms with E-state index in [0.29, 0.717) is 12.0 Å². The Hall–Kier alpha value is -0.880. The van der Waals surface area contributed by atoms with E-state index in [0.717, 1.165) is 24.9 Å². The van der Waals surface area contributed by atoms with Crippen molar-refractivity contribution < 1.29 is 9.53 Å². The van der Waals surface area contributed by atoms with Crippen molar-refractivity contribution in [2.45, 2.75) is 13.3 Å². The number of methoxy groups -OCH3 is 1. The van der Waals surface area contributed by atoms with Crippen LogP contribution in [0.4, 0.5) is 0 Å². The molecule has 2 nitrogen and oxygen atoms in total. The summed E-state index contributed by atoms with van der Waals surface area (Å²) in [5.74, 6) is 0.838. The second-order valence-corrected chi connectivity index (χ2v) is 6.64. The number of benzene rings is 2. The maximum absolute atomic E-state index is 12.5. The predicted octanol–water partition coefficient (Wildman–Crippen LogP) is 4.80. The quantitative estimate of drug-likeness (QED) is 0.500. The van der Waals surface area contributed by atoms with Crippen LogP contribution in [0.5, 0.6) is 5.75 Å². The molecule has 0 atom stereocenters. The number of hydrogen-bond donors (Lipinski definition) is 0. The van der Waals surface area contributed by atoms with Crippen molar-refractivity contribution in [3.8, 4) is 5.75 Å². The molecule has 2 aromatic rings. The van der Waals surface area contributed by atoms with Gasteiger partial charge in [0.05, 0.1) is 7.11 Å². The minimum absolute atomic E-state index is 0.0827. The first-order chi connectivity index (χ1) is 9.51. The van der Waals surface area contributed by atoms with Crippen LogP contribution in [-0.2, 0) is 6.42 Å². The molecule has 0 unspecified atom stereocenters. The molecular formula is C16H14BrIO2. The number of hydrogen-bond acceptors (Lipinski definition) is 2. The van der Waals surface area contributed by atoms with Gasteiger partial charge in [-0.2, -0.15) is 0 Å². The van der Waals surface area contributed by atoms with Gasteiger partial charge in [-0.05, 0) is 53.8 Å². The molecule has 0 radical (unpaired) electrons. The molecule has 0 fully saturated rings. The zero-order valence-corrected chi connectivity index (χ0v) is 15.0. The summed E-state index contributed by atoms with van der Waals surface area (Å²) < 4.78 is 7.20. The van der Waals surface area contributed by atoms with Gasteiger partial charge >= 0.3 is 0 Å². The Morgan fingerprint density at radius 3 is 2.70 bits per heavy atom. The van der Waals surface area contributed by atoms with E-state index in [1.54, 1.807) is 7.11 Å². The van der Waals surface area contributed by atoms with Crippen LogP contribution in [0.15, 0.2) is 40.9 Å². The molecule has 0 aliphatic heterocycles. The minimum atomic E-state index is 0.0827. The highest BCUT2D eigenvalue weighted by Crippen LogP contribution is 2.25. The molecule has 0 aliphatic carbocycles. The largest absolute Gasteiger partial charge is 0.496 e. The van der Waals surface area contributed by atoms with Crippen molar-refractivity contribution in [3.63, 3.8) is 0 Å². The highest BCUT2D eigenvalue weighted by Gasteiger charge is 2.14. The third kappa shape index (κ3) is 3.61. The van der Waals surface area contributed by atoms with E-state index in [2.05, 4.69) is 38.5 Å². The molecule has 0 saturated heterocycles. The van der Waals surface area contributed by atoms with E-state index in [4.69, 9.17) is 4.74 Å². The second-order valence-electron chi connectivity index (χ2n) is 4.54.